The predicted molar refractivity (Wildman–Crippen MR) is 50.3 cm³/mol. The van der Waals surface area contributed by atoms with Crippen molar-refractivity contribution in [2.45, 2.75) is 6.18 Å². The number of rotatable bonds is 1. The molecule has 0 spiro atoms. The second-order valence-corrected chi connectivity index (χ2v) is 3.66. The molecule has 0 saturated heterocycles. The molecule has 2 heterocycles. The summed E-state index contributed by atoms with van der Waals surface area (Å²) in [5.74, 6) is 0. The molecule has 0 amide bonds. The molecule has 0 aliphatic heterocycles. The van der Waals surface area contributed by atoms with Crippen molar-refractivity contribution in [2.24, 2.45) is 0 Å². The Balaban J connectivity index is 2.33. The number of hydrogen-bond acceptors (Lipinski definition) is 3. The third-order valence-electron chi connectivity index (χ3n) is 1.74. The normalized spacial score (nSPS) is 11.7. The van der Waals surface area contributed by atoms with Crippen molar-refractivity contribution in [3.05, 3.63) is 35.5 Å². The average Bonchev–Trinajstić information content (AvgIpc) is 2.69. The van der Waals surface area contributed by atoms with Crippen molar-refractivity contribution in [3.63, 3.8) is 0 Å². The molecule has 15 heavy (non-hydrogen) atoms. The van der Waals surface area contributed by atoms with Crippen LogP contribution in [0.5, 0.6) is 0 Å². The predicted octanol–water partition coefficient (Wildman–Crippen LogP) is 3.22. The first kappa shape index (κ1) is 10.1. The Morgan fingerprint density at radius 1 is 1.13 bits per heavy atom. The summed E-state index contributed by atoms with van der Waals surface area (Å²) in [5.41, 5.74) is -0.291. The highest BCUT2D eigenvalue weighted by Gasteiger charge is 2.30. The van der Waals surface area contributed by atoms with E-state index in [1.165, 1.54) is 17.4 Å². The second kappa shape index (κ2) is 3.62. The van der Waals surface area contributed by atoms with Gasteiger partial charge in [-0.15, -0.1) is 11.3 Å². The Bertz CT molecular complexity index is 433. The van der Waals surface area contributed by atoms with E-state index in [9.17, 15) is 13.2 Å². The lowest BCUT2D eigenvalue weighted by Gasteiger charge is -2.05. The molecule has 78 valence electrons. The number of pyridine rings is 1. The van der Waals surface area contributed by atoms with Gasteiger partial charge in [-0.05, 0) is 12.1 Å². The lowest BCUT2D eigenvalue weighted by Crippen LogP contribution is -2.05. The van der Waals surface area contributed by atoms with Gasteiger partial charge in [-0.2, -0.15) is 13.2 Å². The smallest absolute Gasteiger partial charge is 0.253 e. The molecular formula is C9H5F3N2S. The molecule has 0 aliphatic carbocycles. The SMILES string of the molecule is FC(F)(F)c1ccc(-c2nccs2)nc1. The zero-order valence-electron chi connectivity index (χ0n) is 7.32. The summed E-state index contributed by atoms with van der Waals surface area (Å²) < 4.78 is 36.6. The van der Waals surface area contributed by atoms with Crippen molar-refractivity contribution in [1.29, 1.82) is 0 Å². The van der Waals surface area contributed by atoms with Gasteiger partial charge in [0, 0.05) is 17.8 Å². The van der Waals surface area contributed by atoms with Crippen LogP contribution in [0.25, 0.3) is 10.7 Å². The van der Waals surface area contributed by atoms with Crippen molar-refractivity contribution >= 4 is 11.3 Å². The van der Waals surface area contributed by atoms with Crippen LogP contribution < -0.4 is 0 Å². The van der Waals surface area contributed by atoms with Gasteiger partial charge < -0.3 is 0 Å². The maximum Gasteiger partial charge on any atom is 0.417 e. The number of hydrogen-bond donors (Lipinski definition) is 0. The summed E-state index contributed by atoms with van der Waals surface area (Å²) >= 11 is 1.33. The molecule has 0 fully saturated rings. The molecule has 2 aromatic rings. The summed E-state index contributed by atoms with van der Waals surface area (Å²) in [6.45, 7) is 0. The number of thiazole rings is 1. The molecule has 0 aliphatic rings. The number of alkyl halides is 3. The first-order chi connectivity index (χ1) is 7.07. The molecule has 0 atom stereocenters. The molecule has 0 saturated carbocycles. The van der Waals surface area contributed by atoms with Crippen LogP contribution in [0, 0.1) is 0 Å². The van der Waals surface area contributed by atoms with Crippen LogP contribution in [0.4, 0.5) is 13.2 Å². The van der Waals surface area contributed by atoms with Crippen LogP contribution in [0.3, 0.4) is 0 Å². The molecule has 2 rings (SSSR count). The summed E-state index contributed by atoms with van der Waals surface area (Å²) in [6, 6.07) is 2.32. The highest BCUT2D eigenvalue weighted by Crippen LogP contribution is 2.29. The van der Waals surface area contributed by atoms with E-state index in [0.717, 1.165) is 12.3 Å². The number of nitrogens with zero attached hydrogens (tertiary/aromatic N) is 2. The van der Waals surface area contributed by atoms with Gasteiger partial charge >= 0.3 is 6.18 Å². The summed E-state index contributed by atoms with van der Waals surface area (Å²) in [5, 5.41) is 2.36. The van der Waals surface area contributed by atoms with E-state index < -0.39 is 11.7 Å². The molecule has 6 heteroatoms. The quantitative estimate of drug-likeness (QED) is 0.751. The van der Waals surface area contributed by atoms with E-state index in [1.54, 1.807) is 11.6 Å². The van der Waals surface area contributed by atoms with E-state index in [0.29, 0.717) is 10.7 Å². The minimum atomic E-state index is -4.34. The van der Waals surface area contributed by atoms with E-state index in [1.807, 2.05) is 0 Å². The largest absolute Gasteiger partial charge is 0.417 e. The van der Waals surface area contributed by atoms with E-state index in [-0.39, 0.29) is 0 Å². The van der Waals surface area contributed by atoms with Crippen LogP contribution in [-0.4, -0.2) is 9.97 Å². The van der Waals surface area contributed by atoms with Gasteiger partial charge in [0.2, 0.25) is 0 Å². The highest BCUT2D eigenvalue weighted by molar-refractivity contribution is 7.13. The Hall–Kier alpha value is -1.43. The van der Waals surface area contributed by atoms with Gasteiger partial charge in [-0.3, -0.25) is 4.98 Å². The van der Waals surface area contributed by atoms with Crippen molar-refractivity contribution in [2.75, 3.05) is 0 Å². The minimum Gasteiger partial charge on any atom is -0.253 e. The average molecular weight is 230 g/mol. The van der Waals surface area contributed by atoms with Crippen molar-refractivity contribution in [1.82, 2.24) is 9.97 Å². The van der Waals surface area contributed by atoms with E-state index in [4.69, 9.17) is 0 Å². The standard InChI is InChI=1S/C9H5F3N2S/c10-9(11,12)6-1-2-7(14-5-6)8-13-3-4-15-8/h1-5H. The topological polar surface area (TPSA) is 25.8 Å². The van der Waals surface area contributed by atoms with Crippen LogP contribution in [0.2, 0.25) is 0 Å². The van der Waals surface area contributed by atoms with Gasteiger partial charge in [-0.25, -0.2) is 4.98 Å². The fraction of sp³-hybridized carbons (Fsp3) is 0.111. The van der Waals surface area contributed by atoms with Gasteiger partial charge in [-0.1, -0.05) is 0 Å². The molecular weight excluding hydrogens is 225 g/mol. The first-order valence-electron chi connectivity index (χ1n) is 4.00. The Labute approximate surface area is 87.4 Å². The van der Waals surface area contributed by atoms with Crippen molar-refractivity contribution in [3.8, 4) is 10.7 Å². The molecule has 0 aromatic carbocycles. The maximum atomic E-state index is 12.2. The lowest BCUT2D eigenvalue weighted by molar-refractivity contribution is -0.137. The molecule has 0 N–H and O–H groups in total. The summed E-state index contributed by atoms with van der Waals surface area (Å²) in [6.07, 6.45) is -1.94. The van der Waals surface area contributed by atoms with Crippen LogP contribution in [-0.2, 0) is 6.18 Å². The number of halogens is 3. The third-order valence-corrected chi connectivity index (χ3v) is 2.54. The fourth-order valence-electron chi connectivity index (χ4n) is 1.04. The summed E-state index contributed by atoms with van der Waals surface area (Å²) in [7, 11) is 0. The van der Waals surface area contributed by atoms with Gasteiger partial charge in [0.15, 0.2) is 0 Å². The van der Waals surface area contributed by atoms with Crippen LogP contribution in [0.15, 0.2) is 29.9 Å². The Morgan fingerprint density at radius 3 is 2.40 bits per heavy atom. The van der Waals surface area contributed by atoms with E-state index >= 15 is 0 Å². The highest BCUT2D eigenvalue weighted by atomic mass is 32.1. The van der Waals surface area contributed by atoms with Crippen molar-refractivity contribution < 1.29 is 13.2 Å². The third kappa shape index (κ3) is 2.15. The minimum absolute atomic E-state index is 0.456. The monoisotopic (exact) mass is 230 g/mol. The summed E-state index contributed by atoms with van der Waals surface area (Å²) in [4.78, 5) is 7.67. The first-order valence-corrected chi connectivity index (χ1v) is 4.88. The Kier molecular flexibility index (Phi) is 2.44. The molecule has 2 aromatic heterocycles. The van der Waals surface area contributed by atoms with E-state index in [2.05, 4.69) is 9.97 Å². The van der Waals surface area contributed by atoms with Crippen LogP contribution >= 0.6 is 11.3 Å². The van der Waals surface area contributed by atoms with Gasteiger partial charge in [0.05, 0.1) is 11.3 Å². The zero-order valence-corrected chi connectivity index (χ0v) is 8.14. The number of aromatic nitrogens is 2. The second-order valence-electron chi connectivity index (χ2n) is 2.77. The lowest BCUT2D eigenvalue weighted by atomic mass is 10.2. The molecule has 0 unspecified atom stereocenters. The molecule has 0 radical (unpaired) electrons. The molecule has 0 bridgehead atoms. The van der Waals surface area contributed by atoms with Crippen LogP contribution in [0.1, 0.15) is 5.56 Å². The van der Waals surface area contributed by atoms with Gasteiger partial charge in [0.25, 0.3) is 0 Å². The fourth-order valence-corrected chi connectivity index (χ4v) is 1.65. The molecule has 2 nitrogen and oxygen atoms in total. The Morgan fingerprint density at radius 2 is 1.93 bits per heavy atom. The maximum absolute atomic E-state index is 12.2. The zero-order chi connectivity index (χ0) is 10.9. The van der Waals surface area contributed by atoms with Gasteiger partial charge in [0.1, 0.15) is 5.01 Å².